The molecule has 1 aromatic heterocycles. The smallest absolute Gasteiger partial charge is 0.249 e. The third-order valence-electron chi connectivity index (χ3n) is 1.30. The van der Waals surface area contributed by atoms with Gasteiger partial charge in [0.1, 0.15) is 5.01 Å². The SMILES string of the molecule is CCc1cnc(CC(F)(F)F)s1. The summed E-state index contributed by atoms with van der Waals surface area (Å²) in [7, 11) is 0. The van der Waals surface area contributed by atoms with Gasteiger partial charge in [0.2, 0.25) is 0 Å². The number of nitrogens with zero attached hydrogens (tertiary/aromatic N) is 1. The summed E-state index contributed by atoms with van der Waals surface area (Å²) in [6.07, 6.45) is -2.79. The van der Waals surface area contributed by atoms with Crippen molar-refractivity contribution >= 4 is 11.3 Å². The van der Waals surface area contributed by atoms with Crippen molar-refractivity contribution in [2.75, 3.05) is 0 Å². The third kappa shape index (κ3) is 2.81. The van der Waals surface area contributed by atoms with E-state index in [0.29, 0.717) is 0 Å². The zero-order chi connectivity index (χ0) is 9.19. The molecule has 0 aliphatic carbocycles. The molecular weight excluding hydrogens is 187 g/mol. The maximum absolute atomic E-state index is 11.8. The molecule has 0 N–H and O–H groups in total. The van der Waals surface area contributed by atoms with Gasteiger partial charge >= 0.3 is 6.18 Å². The molecule has 1 nitrogen and oxygen atoms in total. The largest absolute Gasteiger partial charge is 0.395 e. The molecule has 0 unspecified atom stereocenters. The Kier molecular flexibility index (Phi) is 2.72. The molecule has 1 rings (SSSR count). The maximum atomic E-state index is 11.8. The lowest BCUT2D eigenvalue weighted by Gasteiger charge is -2.01. The molecule has 0 spiro atoms. The number of aryl methyl sites for hydroxylation is 1. The van der Waals surface area contributed by atoms with Crippen molar-refractivity contribution in [1.29, 1.82) is 0 Å². The van der Waals surface area contributed by atoms with Gasteiger partial charge in [-0.1, -0.05) is 6.92 Å². The van der Waals surface area contributed by atoms with Gasteiger partial charge < -0.3 is 0 Å². The van der Waals surface area contributed by atoms with Gasteiger partial charge in [-0.25, -0.2) is 4.98 Å². The maximum Gasteiger partial charge on any atom is 0.395 e. The van der Waals surface area contributed by atoms with Crippen LogP contribution in [0.5, 0.6) is 0 Å². The van der Waals surface area contributed by atoms with E-state index in [2.05, 4.69) is 4.98 Å². The van der Waals surface area contributed by atoms with Crippen LogP contribution in [0.2, 0.25) is 0 Å². The zero-order valence-electron chi connectivity index (χ0n) is 6.48. The molecule has 0 saturated heterocycles. The molecule has 0 aliphatic rings. The lowest BCUT2D eigenvalue weighted by atomic mass is 10.4. The fraction of sp³-hybridized carbons (Fsp3) is 0.571. The second-order valence-electron chi connectivity index (χ2n) is 2.37. The topological polar surface area (TPSA) is 12.9 Å². The molecule has 1 heterocycles. The highest BCUT2D eigenvalue weighted by Gasteiger charge is 2.29. The number of rotatable bonds is 2. The Bertz CT molecular complexity index is 253. The van der Waals surface area contributed by atoms with Gasteiger partial charge in [0, 0.05) is 11.1 Å². The first-order chi connectivity index (χ1) is 5.51. The molecule has 0 fully saturated rings. The number of halogens is 3. The van der Waals surface area contributed by atoms with E-state index in [9.17, 15) is 13.2 Å². The highest BCUT2D eigenvalue weighted by atomic mass is 32.1. The lowest BCUT2D eigenvalue weighted by molar-refractivity contribution is -0.127. The summed E-state index contributed by atoms with van der Waals surface area (Å²) >= 11 is 1.13. The quantitative estimate of drug-likeness (QED) is 0.707. The van der Waals surface area contributed by atoms with Crippen molar-refractivity contribution in [2.45, 2.75) is 25.9 Å². The summed E-state index contributed by atoms with van der Waals surface area (Å²) in [5.74, 6) is 0. The molecule has 1 aromatic rings. The van der Waals surface area contributed by atoms with Crippen LogP contribution < -0.4 is 0 Å². The molecule has 5 heteroatoms. The molecule has 0 amide bonds. The Morgan fingerprint density at radius 3 is 2.58 bits per heavy atom. The number of aromatic nitrogens is 1. The minimum Gasteiger partial charge on any atom is -0.249 e. The molecular formula is C7H8F3NS. The molecule has 0 bridgehead atoms. The fourth-order valence-electron chi connectivity index (χ4n) is 0.765. The van der Waals surface area contributed by atoms with E-state index in [1.54, 1.807) is 0 Å². The van der Waals surface area contributed by atoms with Crippen LogP contribution in [0.15, 0.2) is 6.20 Å². The Morgan fingerprint density at radius 1 is 1.50 bits per heavy atom. The minimum atomic E-state index is -4.14. The van der Waals surface area contributed by atoms with Gasteiger partial charge in [0.15, 0.2) is 0 Å². The summed E-state index contributed by atoms with van der Waals surface area (Å²) < 4.78 is 35.5. The van der Waals surface area contributed by atoms with E-state index >= 15 is 0 Å². The lowest BCUT2D eigenvalue weighted by Crippen LogP contribution is -2.10. The summed E-state index contributed by atoms with van der Waals surface area (Å²) in [4.78, 5) is 4.57. The van der Waals surface area contributed by atoms with E-state index < -0.39 is 12.6 Å². The molecule has 0 radical (unpaired) electrons. The molecule has 0 aliphatic heterocycles. The van der Waals surface area contributed by atoms with Crippen molar-refractivity contribution in [3.05, 3.63) is 16.1 Å². The molecule has 68 valence electrons. The Morgan fingerprint density at radius 2 is 2.17 bits per heavy atom. The average molecular weight is 195 g/mol. The van der Waals surface area contributed by atoms with Crippen LogP contribution in [0.4, 0.5) is 13.2 Å². The number of alkyl halides is 3. The summed E-state index contributed by atoms with van der Waals surface area (Å²) in [5, 5.41) is 0.152. The van der Waals surface area contributed by atoms with E-state index in [1.165, 1.54) is 6.20 Å². The fourth-order valence-corrected chi connectivity index (χ4v) is 1.66. The van der Waals surface area contributed by atoms with Gasteiger partial charge in [-0.2, -0.15) is 13.2 Å². The average Bonchev–Trinajstić information content (AvgIpc) is 2.32. The minimum absolute atomic E-state index is 0.152. The van der Waals surface area contributed by atoms with Crippen LogP contribution >= 0.6 is 11.3 Å². The van der Waals surface area contributed by atoms with Crippen molar-refractivity contribution < 1.29 is 13.2 Å². The third-order valence-corrected chi connectivity index (χ3v) is 2.44. The van der Waals surface area contributed by atoms with Gasteiger partial charge in [-0.05, 0) is 6.42 Å². The normalized spacial score (nSPS) is 12.0. The second-order valence-corrected chi connectivity index (χ2v) is 3.57. The van der Waals surface area contributed by atoms with Crippen molar-refractivity contribution in [3.8, 4) is 0 Å². The zero-order valence-corrected chi connectivity index (χ0v) is 7.30. The van der Waals surface area contributed by atoms with Gasteiger partial charge in [-0.15, -0.1) is 11.3 Å². The van der Waals surface area contributed by atoms with Gasteiger partial charge in [-0.3, -0.25) is 0 Å². The molecule has 0 aromatic carbocycles. The van der Waals surface area contributed by atoms with Crippen molar-refractivity contribution in [2.24, 2.45) is 0 Å². The Hall–Kier alpha value is -0.580. The number of thiazole rings is 1. The van der Waals surface area contributed by atoms with Crippen molar-refractivity contribution in [1.82, 2.24) is 4.98 Å². The molecule has 12 heavy (non-hydrogen) atoms. The first kappa shape index (κ1) is 9.51. The van der Waals surface area contributed by atoms with E-state index in [0.717, 1.165) is 22.6 Å². The Balaban J connectivity index is 2.64. The highest BCUT2D eigenvalue weighted by Crippen LogP contribution is 2.24. The van der Waals surface area contributed by atoms with Crippen LogP contribution in [0.25, 0.3) is 0 Å². The molecule has 0 atom stereocenters. The van der Waals surface area contributed by atoms with E-state index in [1.807, 2.05) is 6.92 Å². The van der Waals surface area contributed by atoms with Crippen LogP contribution in [0, 0.1) is 0 Å². The van der Waals surface area contributed by atoms with Gasteiger partial charge in [0.05, 0.1) is 6.42 Å². The summed E-state index contributed by atoms with van der Waals surface area (Å²) in [5.41, 5.74) is 0. The molecule has 0 saturated carbocycles. The number of hydrogen-bond donors (Lipinski definition) is 0. The standard InChI is InChI=1S/C7H8F3NS/c1-2-5-4-11-6(12-5)3-7(8,9)10/h4H,2-3H2,1H3. The van der Waals surface area contributed by atoms with Crippen LogP contribution in [-0.4, -0.2) is 11.2 Å². The first-order valence-corrected chi connectivity index (χ1v) is 4.33. The van der Waals surface area contributed by atoms with Crippen molar-refractivity contribution in [3.63, 3.8) is 0 Å². The predicted molar refractivity (Wildman–Crippen MR) is 41.3 cm³/mol. The predicted octanol–water partition coefficient (Wildman–Crippen LogP) is 2.81. The van der Waals surface area contributed by atoms with Crippen LogP contribution in [0.3, 0.4) is 0 Å². The Labute approximate surface area is 72.2 Å². The second kappa shape index (κ2) is 3.43. The van der Waals surface area contributed by atoms with Crippen LogP contribution in [0.1, 0.15) is 16.8 Å². The number of hydrogen-bond acceptors (Lipinski definition) is 2. The highest BCUT2D eigenvalue weighted by molar-refractivity contribution is 7.11. The monoisotopic (exact) mass is 195 g/mol. The van der Waals surface area contributed by atoms with Crippen LogP contribution in [-0.2, 0) is 12.8 Å². The van der Waals surface area contributed by atoms with E-state index in [-0.39, 0.29) is 5.01 Å². The van der Waals surface area contributed by atoms with E-state index in [4.69, 9.17) is 0 Å². The summed E-state index contributed by atoms with van der Waals surface area (Å²) in [6, 6.07) is 0. The summed E-state index contributed by atoms with van der Waals surface area (Å²) in [6.45, 7) is 1.89. The van der Waals surface area contributed by atoms with Gasteiger partial charge in [0.25, 0.3) is 0 Å². The first-order valence-electron chi connectivity index (χ1n) is 3.51.